The van der Waals surface area contributed by atoms with Gasteiger partial charge in [0, 0.05) is 18.2 Å². The van der Waals surface area contributed by atoms with E-state index in [4.69, 9.17) is 4.74 Å². The van der Waals surface area contributed by atoms with E-state index in [1.807, 2.05) is 0 Å². The minimum Gasteiger partial charge on any atom is -0.0474 e. The summed E-state index contributed by atoms with van der Waals surface area (Å²) in [5.74, 6) is -0.308. The smallest absolute Gasteiger partial charge is 0.0377 e. The Morgan fingerprint density at radius 1 is 0.578 bits per heavy atom. The molecule has 0 saturated heterocycles. The molecule has 5 rings (SSSR count). The van der Waals surface area contributed by atoms with E-state index in [1.54, 1.807) is 48.5 Å². The zero-order valence-electron chi connectivity index (χ0n) is 25.2. The van der Waals surface area contributed by atoms with Crippen LogP contribution in [0.4, 0.5) is 11.4 Å². The predicted molar refractivity (Wildman–Crippen MR) is 186 cm³/mol. The Kier molecular flexibility index (Phi) is 10.5. The number of hydrogen-bond acceptors (Lipinski definition) is 4. The van der Waals surface area contributed by atoms with Gasteiger partial charge in [0.1, 0.15) is 0 Å². The molecule has 5 aromatic rings. The van der Waals surface area contributed by atoms with Crippen LogP contribution in [0.5, 0.6) is 5.75 Å². The maximum Gasteiger partial charge on any atom is -0.0377 e. The number of unbranched alkanes of at least 4 members (excludes halogenated alkanes) is 1. The van der Waals surface area contributed by atoms with Crippen molar-refractivity contribution in [2.75, 3.05) is 16.8 Å². The summed E-state index contributed by atoms with van der Waals surface area (Å²) in [5, 5.41) is 9.59. The van der Waals surface area contributed by atoms with Crippen LogP contribution in [0.1, 0.15) is 36.5 Å². The summed E-state index contributed by atoms with van der Waals surface area (Å²) in [4.78, 5) is 36.6. The van der Waals surface area contributed by atoms with E-state index < -0.39 is 7.26 Å². The summed E-state index contributed by atoms with van der Waals surface area (Å²) in [6.07, 6.45) is 2.89. The van der Waals surface area contributed by atoms with Crippen LogP contribution in [0, 0.1) is 0 Å². The molecule has 0 aliphatic heterocycles. The summed E-state index contributed by atoms with van der Waals surface area (Å²) >= 11 is 0. The number of ether oxygens (including phenoxy) is 1. The van der Waals surface area contributed by atoms with Crippen LogP contribution < -0.4 is 31.3 Å². The Bertz CT molecular complexity index is 1610. The quantitative estimate of drug-likeness (QED) is 0.0708. The maximum atomic E-state index is 12.8. The normalized spacial score (nSPS) is 11.3. The molecule has 7 heteroatoms. The fourth-order valence-corrected chi connectivity index (χ4v) is 10.6. The molecule has 0 unspecified atom stereocenters. The number of carbonyl (C=O) groups is 3. The zero-order chi connectivity index (χ0) is 31.5. The van der Waals surface area contributed by atoms with Crippen LogP contribution in [0.2, 0.25) is 0 Å². The fraction of sp³-hybridized carbons (Fsp3) is 0.132. The minimum atomic E-state index is -2.33. The molecule has 0 heterocycles. The van der Waals surface area contributed by atoms with Crippen LogP contribution in [0.3, 0.4) is 0 Å². The van der Waals surface area contributed by atoms with Crippen LogP contribution in [0.25, 0.3) is 0 Å². The first kappa shape index (κ1) is 31.4. The number of nitrogens with one attached hydrogen (secondary N) is 2. The average Bonchev–Trinajstić information content (AvgIpc) is 3.07. The van der Waals surface area contributed by atoms with Gasteiger partial charge in [0.15, 0.2) is 0 Å². The summed E-state index contributed by atoms with van der Waals surface area (Å²) in [6, 6.07) is 45.7. The number of esters is 1. The Balaban J connectivity index is 1.18. The molecule has 0 aliphatic carbocycles. The van der Waals surface area contributed by atoms with Crippen LogP contribution in [-0.2, 0) is 9.59 Å². The van der Waals surface area contributed by atoms with Crippen LogP contribution in [0.15, 0.2) is 140 Å². The van der Waals surface area contributed by atoms with Gasteiger partial charge in [-0.3, -0.25) is 9.59 Å². The Hall–Kier alpha value is -5.06. The summed E-state index contributed by atoms with van der Waals surface area (Å²) < 4.78 is 5.62. The van der Waals surface area contributed by atoms with E-state index in [0.717, 1.165) is 19.0 Å². The largest absolute Gasteiger partial charge is 0.0474 e. The molecule has 0 fully saturated rings. The molecule has 0 aliphatic rings. The molecule has 6 nitrogen and oxygen atoms in total. The van der Waals surface area contributed by atoms with Crippen molar-refractivity contribution >= 4 is 52.3 Å². The van der Waals surface area contributed by atoms with Crippen molar-refractivity contribution < 1.29 is 19.1 Å². The second-order valence-corrected chi connectivity index (χ2v) is 15.0. The van der Waals surface area contributed by atoms with E-state index in [9.17, 15) is 14.4 Å². The van der Waals surface area contributed by atoms with Gasteiger partial charge in [-0.25, -0.2) is 0 Å². The number of hydrogen-bond donors (Lipinski definition) is 2. The molecule has 0 saturated carbocycles. The van der Waals surface area contributed by atoms with Gasteiger partial charge in [-0.15, -0.1) is 0 Å². The first-order valence-corrected chi connectivity index (χ1v) is 17.3. The van der Waals surface area contributed by atoms with Crippen molar-refractivity contribution in [1.29, 1.82) is 0 Å². The molecule has 0 aromatic heterocycles. The van der Waals surface area contributed by atoms with Gasteiger partial charge in [-0.05, 0) is 24.3 Å². The number of benzene rings is 5. The van der Waals surface area contributed by atoms with Crippen LogP contribution in [-0.4, -0.2) is 23.9 Å². The van der Waals surface area contributed by atoms with Crippen LogP contribution >= 0.6 is 7.26 Å². The molecular weight excluding hydrogens is 579 g/mol. The van der Waals surface area contributed by atoms with E-state index in [-0.39, 0.29) is 17.8 Å². The molecule has 0 atom stereocenters. The van der Waals surface area contributed by atoms with Gasteiger partial charge in [0.25, 0.3) is 0 Å². The molecule has 0 spiro atoms. The van der Waals surface area contributed by atoms with Gasteiger partial charge < -0.3 is 5.32 Å². The maximum absolute atomic E-state index is 12.8. The van der Waals surface area contributed by atoms with Crippen molar-refractivity contribution in [3.8, 4) is 5.75 Å². The predicted octanol–water partition coefficient (Wildman–Crippen LogP) is 6.70. The first-order valence-electron chi connectivity index (χ1n) is 15.1. The SMILES string of the molecule is CC(=O)Nc1ccc(C(=O)Nc2ccc(OC(=O)CCCC[PH](c3ccccc3)(c3ccccc3)c3ccccc3)cc2)cc1. The van der Waals surface area contributed by atoms with Gasteiger partial charge in [-0.1, -0.05) is 0 Å². The Labute approximate surface area is 264 Å². The number of carbonyl (C=O) groups excluding carboxylic acids is 3. The van der Waals surface area contributed by atoms with Gasteiger partial charge in [0.2, 0.25) is 5.91 Å². The molecule has 45 heavy (non-hydrogen) atoms. The zero-order valence-corrected chi connectivity index (χ0v) is 26.2. The van der Waals surface area contributed by atoms with E-state index >= 15 is 0 Å². The number of anilines is 2. The molecule has 0 radical (unpaired) electrons. The van der Waals surface area contributed by atoms with Gasteiger partial charge in [-0.2, -0.15) is 0 Å². The standard InChI is InChI=1S/C38H37N2O4P/c1-29(41)39-31-22-20-30(21-23-31)38(43)40-32-24-26-33(27-25-32)44-37(42)19-11-12-28-45(34-13-5-2-6-14-34,35-15-7-3-8-16-35)36-17-9-4-10-18-36/h2-10,13-18,20-27,45H,11-12,19,28H2,1H3,(H,39,41)(H,40,43). The topological polar surface area (TPSA) is 84.5 Å². The fourth-order valence-electron chi connectivity index (χ4n) is 5.66. The first-order chi connectivity index (χ1) is 21.9. The van der Waals surface area contributed by atoms with E-state index in [1.165, 1.54) is 22.8 Å². The molecule has 2 N–H and O–H groups in total. The number of amides is 2. The van der Waals surface area contributed by atoms with Crippen molar-refractivity contribution in [2.45, 2.75) is 26.2 Å². The average molecular weight is 617 g/mol. The van der Waals surface area contributed by atoms with Gasteiger partial charge in [0.05, 0.1) is 0 Å². The Morgan fingerprint density at radius 2 is 1.04 bits per heavy atom. The molecule has 0 bridgehead atoms. The number of rotatable bonds is 12. The molecular formula is C38H37N2O4P. The van der Waals surface area contributed by atoms with E-state index in [2.05, 4.69) is 102 Å². The third-order valence-corrected chi connectivity index (χ3v) is 12.9. The van der Waals surface area contributed by atoms with Crippen molar-refractivity contribution in [3.63, 3.8) is 0 Å². The van der Waals surface area contributed by atoms with Crippen molar-refractivity contribution in [3.05, 3.63) is 145 Å². The summed E-state index contributed by atoms with van der Waals surface area (Å²) in [6.45, 7) is 1.43. The third kappa shape index (κ3) is 8.11. The summed E-state index contributed by atoms with van der Waals surface area (Å²) in [5.41, 5.74) is 1.66. The third-order valence-electron chi connectivity index (χ3n) is 7.79. The molecule has 5 aromatic carbocycles. The van der Waals surface area contributed by atoms with Crippen molar-refractivity contribution in [2.24, 2.45) is 0 Å². The van der Waals surface area contributed by atoms with E-state index in [0.29, 0.717) is 29.1 Å². The second kappa shape index (κ2) is 15.1. The molecule has 2 amide bonds. The van der Waals surface area contributed by atoms with Crippen molar-refractivity contribution in [1.82, 2.24) is 0 Å². The molecule has 228 valence electrons. The van der Waals surface area contributed by atoms with Gasteiger partial charge >= 0.3 is 202 Å². The monoisotopic (exact) mass is 616 g/mol. The summed E-state index contributed by atoms with van der Waals surface area (Å²) in [7, 11) is -2.33. The second-order valence-electron chi connectivity index (χ2n) is 10.9. The minimum absolute atomic E-state index is 0.175. The Morgan fingerprint density at radius 3 is 1.53 bits per heavy atom.